The number of hydrogen-bond acceptors (Lipinski definition) is 6. The van der Waals surface area contributed by atoms with E-state index >= 15 is 0 Å². The number of halogens is 1. The van der Waals surface area contributed by atoms with Crippen LogP contribution < -0.4 is 15.8 Å². The molecule has 0 bridgehead atoms. The second-order valence-corrected chi connectivity index (χ2v) is 6.87. The summed E-state index contributed by atoms with van der Waals surface area (Å²) in [6, 6.07) is 5.23. The SMILES string of the molecule is COC1CC(C(N)=O)(C(=O)Nc2ccc(Oc3ncc(Cl)cn3)c(C)c2)C1. The van der Waals surface area contributed by atoms with E-state index in [-0.39, 0.29) is 25.0 Å². The van der Waals surface area contributed by atoms with E-state index in [1.165, 1.54) is 12.4 Å². The molecule has 1 aromatic heterocycles. The first kappa shape index (κ1) is 19.1. The first-order valence-corrected chi connectivity index (χ1v) is 8.62. The topological polar surface area (TPSA) is 116 Å². The molecule has 0 aliphatic heterocycles. The second kappa shape index (κ2) is 7.50. The van der Waals surface area contributed by atoms with Crippen LogP contribution in [0, 0.1) is 12.3 Å². The molecule has 8 nitrogen and oxygen atoms in total. The van der Waals surface area contributed by atoms with E-state index in [0.29, 0.717) is 16.5 Å². The zero-order chi connectivity index (χ0) is 19.6. The molecule has 3 N–H and O–H groups in total. The van der Waals surface area contributed by atoms with E-state index in [2.05, 4.69) is 15.3 Å². The fourth-order valence-corrected chi connectivity index (χ4v) is 3.02. The highest BCUT2D eigenvalue weighted by Crippen LogP contribution is 2.43. The molecule has 2 amide bonds. The summed E-state index contributed by atoms with van der Waals surface area (Å²) in [5.41, 5.74) is 5.50. The number of nitrogens with zero attached hydrogens (tertiary/aromatic N) is 2. The summed E-state index contributed by atoms with van der Waals surface area (Å²) in [5.74, 6) is -0.551. The Morgan fingerprint density at radius 3 is 2.52 bits per heavy atom. The molecule has 2 aromatic rings. The zero-order valence-corrected chi connectivity index (χ0v) is 15.6. The lowest BCUT2D eigenvalue weighted by molar-refractivity contribution is -0.154. The van der Waals surface area contributed by atoms with Gasteiger partial charge >= 0.3 is 6.01 Å². The molecule has 1 saturated carbocycles. The van der Waals surface area contributed by atoms with Crippen LogP contribution in [0.4, 0.5) is 5.69 Å². The second-order valence-electron chi connectivity index (χ2n) is 6.43. The van der Waals surface area contributed by atoms with Crippen molar-refractivity contribution in [2.45, 2.75) is 25.9 Å². The molecule has 9 heteroatoms. The number of nitrogens with two attached hydrogens (primary N) is 1. The third-order valence-electron chi connectivity index (χ3n) is 4.62. The molecule has 0 saturated heterocycles. The molecule has 142 valence electrons. The first-order valence-electron chi connectivity index (χ1n) is 8.24. The van der Waals surface area contributed by atoms with Crippen molar-refractivity contribution in [1.82, 2.24) is 9.97 Å². The molecular formula is C18H19ClN4O4. The van der Waals surface area contributed by atoms with Crippen LogP contribution in [-0.4, -0.2) is 35.0 Å². The number of hydrogen-bond donors (Lipinski definition) is 2. The van der Waals surface area contributed by atoms with Gasteiger partial charge in [-0.05, 0) is 43.5 Å². The maximum atomic E-state index is 12.6. The Labute approximate surface area is 161 Å². The Hall–Kier alpha value is -2.71. The van der Waals surface area contributed by atoms with Crippen molar-refractivity contribution in [3.8, 4) is 11.8 Å². The van der Waals surface area contributed by atoms with E-state index in [1.807, 2.05) is 6.92 Å². The van der Waals surface area contributed by atoms with E-state index in [4.69, 9.17) is 26.8 Å². The Balaban J connectivity index is 1.71. The predicted octanol–water partition coefficient (Wildman–Crippen LogP) is 2.45. The molecule has 0 atom stereocenters. The minimum absolute atomic E-state index is 0.139. The van der Waals surface area contributed by atoms with Crippen LogP contribution in [-0.2, 0) is 14.3 Å². The van der Waals surface area contributed by atoms with Gasteiger partial charge in [-0.1, -0.05) is 11.6 Å². The summed E-state index contributed by atoms with van der Waals surface area (Å²) < 4.78 is 10.8. The number of anilines is 1. The number of primary amides is 1. The molecule has 1 fully saturated rings. The third-order valence-corrected chi connectivity index (χ3v) is 4.82. The van der Waals surface area contributed by atoms with Crippen LogP contribution >= 0.6 is 11.6 Å². The molecule has 0 radical (unpaired) electrons. The largest absolute Gasteiger partial charge is 0.424 e. The van der Waals surface area contributed by atoms with Crippen LogP contribution in [0.5, 0.6) is 11.8 Å². The monoisotopic (exact) mass is 390 g/mol. The van der Waals surface area contributed by atoms with Crippen molar-refractivity contribution < 1.29 is 19.1 Å². The van der Waals surface area contributed by atoms with Crippen LogP contribution in [0.3, 0.4) is 0 Å². The van der Waals surface area contributed by atoms with E-state index in [9.17, 15) is 9.59 Å². The highest BCUT2D eigenvalue weighted by Gasteiger charge is 2.55. The number of ether oxygens (including phenoxy) is 2. The van der Waals surface area contributed by atoms with Gasteiger partial charge in [0.25, 0.3) is 0 Å². The third kappa shape index (κ3) is 3.86. The highest BCUT2D eigenvalue weighted by molar-refractivity contribution is 6.30. The lowest BCUT2D eigenvalue weighted by atomic mass is 9.65. The lowest BCUT2D eigenvalue weighted by Gasteiger charge is -2.42. The van der Waals surface area contributed by atoms with Crippen molar-refractivity contribution in [1.29, 1.82) is 0 Å². The molecule has 0 spiro atoms. The average Bonchev–Trinajstić information content (AvgIpc) is 2.58. The van der Waals surface area contributed by atoms with Crippen molar-refractivity contribution in [3.05, 3.63) is 41.2 Å². The van der Waals surface area contributed by atoms with Gasteiger partial charge in [0.1, 0.15) is 11.2 Å². The number of benzene rings is 1. The van der Waals surface area contributed by atoms with E-state index in [1.54, 1.807) is 25.3 Å². The Kier molecular flexibility index (Phi) is 5.29. The number of carbonyl (C=O) groups is 2. The summed E-state index contributed by atoms with van der Waals surface area (Å²) in [6.07, 6.45) is 3.28. The molecule has 1 heterocycles. The Bertz CT molecular complexity index is 866. The number of rotatable bonds is 6. The van der Waals surface area contributed by atoms with Gasteiger partial charge < -0.3 is 20.5 Å². The summed E-state index contributed by atoms with van der Waals surface area (Å²) in [4.78, 5) is 32.4. The predicted molar refractivity (Wildman–Crippen MR) is 98.6 cm³/mol. The maximum absolute atomic E-state index is 12.6. The molecule has 1 aliphatic carbocycles. The van der Waals surface area contributed by atoms with Crippen LogP contribution in [0.1, 0.15) is 18.4 Å². The molecule has 0 unspecified atom stereocenters. The lowest BCUT2D eigenvalue weighted by Crippen LogP contribution is -2.57. The number of methoxy groups -OCH3 is 1. The Morgan fingerprint density at radius 1 is 1.30 bits per heavy atom. The van der Waals surface area contributed by atoms with Crippen molar-refractivity contribution in [2.75, 3.05) is 12.4 Å². The molecule has 27 heavy (non-hydrogen) atoms. The number of carbonyl (C=O) groups excluding carboxylic acids is 2. The van der Waals surface area contributed by atoms with Gasteiger partial charge in [0.2, 0.25) is 11.8 Å². The van der Waals surface area contributed by atoms with Crippen LogP contribution in [0.15, 0.2) is 30.6 Å². The fraction of sp³-hybridized carbons (Fsp3) is 0.333. The van der Waals surface area contributed by atoms with E-state index in [0.717, 1.165) is 5.56 Å². The molecule has 1 aliphatic rings. The number of amides is 2. The van der Waals surface area contributed by atoms with Gasteiger partial charge in [0, 0.05) is 12.8 Å². The van der Waals surface area contributed by atoms with Crippen LogP contribution in [0.25, 0.3) is 0 Å². The zero-order valence-electron chi connectivity index (χ0n) is 14.9. The van der Waals surface area contributed by atoms with Gasteiger partial charge in [-0.2, -0.15) is 0 Å². The minimum Gasteiger partial charge on any atom is -0.424 e. The number of aromatic nitrogens is 2. The average molecular weight is 391 g/mol. The van der Waals surface area contributed by atoms with Gasteiger partial charge in [0.05, 0.1) is 23.5 Å². The van der Waals surface area contributed by atoms with Crippen molar-refractivity contribution in [3.63, 3.8) is 0 Å². The fourth-order valence-electron chi connectivity index (χ4n) is 2.93. The highest BCUT2D eigenvalue weighted by atomic mass is 35.5. The summed E-state index contributed by atoms with van der Waals surface area (Å²) >= 11 is 5.75. The molecule has 1 aromatic carbocycles. The quantitative estimate of drug-likeness (QED) is 0.732. The van der Waals surface area contributed by atoms with E-state index < -0.39 is 17.2 Å². The summed E-state index contributed by atoms with van der Waals surface area (Å²) in [7, 11) is 1.54. The number of aryl methyl sites for hydroxylation is 1. The minimum atomic E-state index is -1.24. The maximum Gasteiger partial charge on any atom is 0.321 e. The normalized spacial score (nSPS) is 21.2. The van der Waals surface area contributed by atoms with Crippen molar-refractivity contribution >= 4 is 29.1 Å². The van der Waals surface area contributed by atoms with Gasteiger partial charge in [-0.25, -0.2) is 9.97 Å². The summed E-state index contributed by atoms with van der Waals surface area (Å²) in [6.45, 7) is 1.81. The Morgan fingerprint density at radius 2 is 1.96 bits per heavy atom. The van der Waals surface area contributed by atoms with Gasteiger partial charge in [-0.15, -0.1) is 0 Å². The van der Waals surface area contributed by atoms with Gasteiger partial charge in [-0.3, -0.25) is 9.59 Å². The number of nitrogens with one attached hydrogen (secondary N) is 1. The van der Waals surface area contributed by atoms with Gasteiger partial charge in [0.15, 0.2) is 0 Å². The van der Waals surface area contributed by atoms with Crippen molar-refractivity contribution in [2.24, 2.45) is 11.1 Å². The van der Waals surface area contributed by atoms with Crippen LogP contribution in [0.2, 0.25) is 5.02 Å². The first-order chi connectivity index (χ1) is 12.8. The smallest absolute Gasteiger partial charge is 0.321 e. The standard InChI is InChI=1S/C18H19ClN4O4/c1-10-5-12(3-4-14(10)27-17-21-8-11(19)9-22-17)23-16(25)18(15(20)24)6-13(7-18)26-2/h3-5,8-9,13H,6-7H2,1-2H3,(H2,20,24)(H,23,25). The molecular weight excluding hydrogens is 372 g/mol. The molecule has 3 rings (SSSR count). The summed E-state index contributed by atoms with van der Waals surface area (Å²) in [5, 5.41) is 3.16.